The highest BCUT2D eigenvalue weighted by atomic mass is 35.5. The summed E-state index contributed by atoms with van der Waals surface area (Å²) in [4.78, 5) is 7.04. The molecule has 0 saturated heterocycles. The summed E-state index contributed by atoms with van der Waals surface area (Å²) in [6, 6.07) is 5.16. The van der Waals surface area contributed by atoms with Gasteiger partial charge in [0.15, 0.2) is 0 Å². The minimum absolute atomic E-state index is 0.351. The molecular weight excluding hydrogens is 273 g/mol. The van der Waals surface area contributed by atoms with E-state index in [1.54, 1.807) is 30.6 Å². The monoisotopic (exact) mass is 285 g/mol. The lowest BCUT2D eigenvalue weighted by molar-refractivity contribution is 0.174. The van der Waals surface area contributed by atoms with Gasteiger partial charge < -0.3 is 15.4 Å². The molecule has 18 heavy (non-hydrogen) atoms. The van der Waals surface area contributed by atoms with Gasteiger partial charge >= 0.3 is 0 Å². The summed E-state index contributed by atoms with van der Waals surface area (Å²) in [5.41, 5.74) is 0.549. The number of H-pyrrole nitrogens is 1. The van der Waals surface area contributed by atoms with Crippen LogP contribution >= 0.6 is 23.2 Å². The van der Waals surface area contributed by atoms with Crippen molar-refractivity contribution in [2.75, 3.05) is 6.54 Å². The lowest BCUT2D eigenvalue weighted by atomic mass is 10.1. The number of benzene rings is 1. The van der Waals surface area contributed by atoms with E-state index in [9.17, 15) is 5.11 Å². The average molecular weight is 286 g/mol. The van der Waals surface area contributed by atoms with Crippen LogP contribution in [0.1, 0.15) is 17.5 Å². The first-order chi connectivity index (χ1) is 8.68. The van der Waals surface area contributed by atoms with E-state index >= 15 is 0 Å². The molecule has 1 heterocycles. The van der Waals surface area contributed by atoms with Gasteiger partial charge in [-0.05, 0) is 12.1 Å². The second-order valence-electron chi connectivity index (χ2n) is 3.82. The Morgan fingerprint density at radius 2 is 2.06 bits per heavy atom. The Morgan fingerprint density at radius 3 is 2.67 bits per heavy atom. The smallest absolute Gasteiger partial charge is 0.120 e. The average Bonchev–Trinajstić information content (AvgIpc) is 2.82. The van der Waals surface area contributed by atoms with E-state index in [0.29, 0.717) is 28.7 Å². The molecular formula is C12H13Cl2N3O. The van der Waals surface area contributed by atoms with Crippen LogP contribution in [0.25, 0.3) is 0 Å². The number of aliphatic hydroxyl groups excluding tert-OH is 1. The Bertz CT molecular complexity index is 482. The van der Waals surface area contributed by atoms with Crippen molar-refractivity contribution >= 4 is 23.2 Å². The van der Waals surface area contributed by atoms with Gasteiger partial charge in [-0.15, -0.1) is 0 Å². The van der Waals surface area contributed by atoms with Gasteiger partial charge in [0.1, 0.15) is 5.82 Å². The molecule has 0 aliphatic rings. The molecule has 1 atom stereocenters. The number of imidazole rings is 1. The number of nitrogens with zero attached hydrogens (tertiary/aromatic N) is 1. The lowest BCUT2D eigenvalue weighted by Gasteiger charge is -2.14. The van der Waals surface area contributed by atoms with Gasteiger partial charge in [-0.3, -0.25) is 0 Å². The van der Waals surface area contributed by atoms with Crippen molar-refractivity contribution in [2.24, 2.45) is 0 Å². The molecule has 1 aromatic carbocycles. The molecule has 3 N–H and O–H groups in total. The molecule has 1 aromatic heterocycles. The summed E-state index contributed by atoms with van der Waals surface area (Å²) in [6.07, 6.45) is 2.68. The Labute approximate surface area is 115 Å². The van der Waals surface area contributed by atoms with Gasteiger partial charge in [-0.2, -0.15) is 0 Å². The maximum Gasteiger partial charge on any atom is 0.120 e. The van der Waals surface area contributed by atoms with Crippen molar-refractivity contribution in [1.82, 2.24) is 15.3 Å². The molecule has 0 spiro atoms. The molecule has 4 nitrogen and oxygen atoms in total. The first-order valence-corrected chi connectivity index (χ1v) is 6.25. The van der Waals surface area contributed by atoms with Crippen LogP contribution in [-0.2, 0) is 6.54 Å². The van der Waals surface area contributed by atoms with Gasteiger partial charge in [0.2, 0.25) is 0 Å². The van der Waals surface area contributed by atoms with Crippen LogP contribution in [0.4, 0.5) is 0 Å². The van der Waals surface area contributed by atoms with E-state index in [0.717, 1.165) is 5.82 Å². The standard InChI is InChI=1S/C12H13Cl2N3O/c13-8-2-1-3-9(14)12(8)10(18)6-15-7-11-16-4-5-17-11/h1-5,10,15,18H,6-7H2,(H,16,17). The normalized spacial score (nSPS) is 12.6. The third-order valence-electron chi connectivity index (χ3n) is 2.52. The fraction of sp³-hybridized carbons (Fsp3) is 0.250. The summed E-state index contributed by atoms with van der Waals surface area (Å²) in [6.45, 7) is 0.899. The predicted octanol–water partition coefficient (Wildman–Crippen LogP) is 2.54. The van der Waals surface area contributed by atoms with Gasteiger partial charge in [0.05, 0.1) is 12.6 Å². The molecule has 2 aromatic rings. The fourth-order valence-electron chi connectivity index (χ4n) is 1.65. The van der Waals surface area contributed by atoms with Crippen LogP contribution in [0.15, 0.2) is 30.6 Å². The van der Waals surface area contributed by atoms with Crippen LogP contribution in [0.3, 0.4) is 0 Å². The Balaban J connectivity index is 1.93. The lowest BCUT2D eigenvalue weighted by Crippen LogP contribution is -2.22. The van der Waals surface area contributed by atoms with Crippen molar-refractivity contribution < 1.29 is 5.11 Å². The largest absolute Gasteiger partial charge is 0.387 e. The maximum absolute atomic E-state index is 10.0. The predicted molar refractivity (Wildman–Crippen MR) is 71.7 cm³/mol. The molecule has 0 saturated carbocycles. The highest BCUT2D eigenvalue weighted by Gasteiger charge is 2.14. The van der Waals surface area contributed by atoms with E-state index in [1.165, 1.54) is 0 Å². The fourth-order valence-corrected chi connectivity index (χ4v) is 2.30. The summed E-state index contributed by atoms with van der Waals surface area (Å²) in [5, 5.41) is 14.1. The second kappa shape index (κ2) is 6.20. The van der Waals surface area contributed by atoms with E-state index in [4.69, 9.17) is 23.2 Å². The third kappa shape index (κ3) is 3.23. The van der Waals surface area contributed by atoms with Crippen LogP contribution in [-0.4, -0.2) is 21.6 Å². The second-order valence-corrected chi connectivity index (χ2v) is 4.63. The van der Waals surface area contributed by atoms with Gasteiger partial charge in [0.25, 0.3) is 0 Å². The topological polar surface area (TPSA) is 60.9 Å². The number of hydrogen-bond acceptors (Lipinski definition) is 3. The quantitative estimate of drug-likeness (QED) is 0.791. The molecule has 1 unspecified atom stereocenters. The number of rotatable bonds is 5. The highest BCUT2D eigenvalue weighted by molar-refractivity contribution is 6.36. The number of aliphatic hydroxyl groups is 1. The number of aromatic nitrogens is 2. The molecule has 0 aliphatic carbocycles. The Morgan fingerprint density at radius 1 is 1.33 bits per heavy atom. The van der Waals surface area contributed by atoms with Crippen LogP contribution in [0.2, 0.25) is 10.0 Å². The highest BCUT2D eigenvalue weighted by Crippen LogP contribution is 2.29. The summed E-state index contributed by atoms with van der Waals surface area (Å²) in [5.74, 6) is 0.812. The zero-order chi connectivity index (χ0) is 13.0. The van der Waals surface area contributed by atoms with Gasteiger partial charge in [0, 0.05) is 34.5 Å². The molecule has 96 valence electrons. The minimum atomic E-state index is -0.749. The number of nitrogens with one attached hydrogen (secondary N) is 2. The molecule has 0 fully saturated rings. The van der Waals surface area contributed by atoms with E-state index in [2.05, 4.69) is 15.3 Å². The van der Waals surface area contributed by atoms with Gasteiger partial charge in [-0.25, -0.2) is 4.98 Å². The van der Waals surface area contributed by atoms with Crippen molar-refractivity contribution in [3.8, 4) is 0 Å². The number of aromatic amines is 1. The first-order valence-electron chi connectivity index (χ1n) is 5.49. The van der Waals surface area contributed by atoms with Crippen molar-refractivity contribution in [3.63, 3.8) is 0 Å². The SMILES string of the molecule is OC(CNCc1ncc[nH]1)c1c(Cl)cccc1Cl. The van der Waals surface area contributed by atoms with E-state index in [-0.39, 0.29) is 0 Å². The zero-order valence-corrected chi connectivity index (χ0v) is 11.0. The molecule has 6 heteroatoms. The van der Waals surface area contributed by atoms with Gasteiger partial charge in [-0.1, -0.05) is 29.3 Å². The van der Waals surface area contributed by atoms with Crippen LogP contribution in [0, 0.1) is 0 Å². The summed E-state index contributed by atoms with van der Waals surface area (Å²) in [7, 11) is 0. The zero-order valence-electron chi connectivity index (χ0n) is 9.53. The first kappa shape index (κ1) is 13.4. The van der Waals surface area contributed by atoms with Crippen LogP contribution in [0.5, 0.6) is 0 Å². The van der Waals surface area contributed by atoms with Crippen molar-refractivity contribution in [2.45, 2.75) is 12.6 Å². The molecule has 0 bridgehead atoms. The Hall–Kier alpha value is -1.07. The van der Waals surface area contributed by atoms with E-state index < -0.39 is 6.10 Å². The molecule has 0 radical (unpaired) electrons. The van der Waals surface area contributed by atoms with Crippen molar-refractivity contribution in [1.29, 1.82) is 0 Å². The molecule has 0 amide bonds. The molecule has 0 aliphatic heterocycles. The van der Waals surface area contributed by atoms with Crippen LogP contribution < -0.4 is 5.32 Å². The summed E-state index contributed by atoms with van der Waals surface area (Å²) >= 11 is 12.0. The third-order valence-corrected chi connectivity index (χ3v) is 3.18. The maximum atomic E-state index is 10.0. The Kier molecular flexibility index (Phi) is 4.60. The summed E-state index contributed by atoms with van der Waals surface area (Å²) < 4.78 is 0. The number of halogens is 2. The van der Waals surface area contributed by atoms with E-state index in [1.807, 2.05) is 0 Å². The van der Waals surface area contributed by atoms with Crippen molar-refractivity contribution in [3.05, 3.63) is 52.0 Å². The molecule has 2 rings (SSSR count). The number of hydrogen-bond donors (Lipinski definition) is 3. The minimum Gasteiger partial charge on any atom is -0.387 e.